The number of benzene rings is 1. The summed E-state index contributed by atoms with van der Waals surface area (Å²) in [6, 6.07) is 10.7. The van der Waals surface area contributed by atoms with Gasteiger partial charge in [0.25, 0.3) is 0 Å². The highest BCUT2D eigenvalue weighted by atomic mass is 16.3. The van der Waals surface area contributed by atoms with Gasteiger partial charge in [0.1, 0.15) is 0 Å². The average Bonchev–Trinajstić information content (AvgIpc) is 2.94. The SMILES string of the molecule is OC(CCc1cccnc1)Cc1ccc2c(c1)CCC2. The van der Waals surface area contributed by atoms with Crippen LogP contribution in [0.3, 0.4) is 0 Å². The van der Waals surface area contributed by atoms with Crippen molar-refractivity contribution >= 4 is 0 Å². The summed E-state index contributed by atoms with van der Waals surface area (Å²) in [5.41, 5.74) is 5.45. The predicted molar refractivity (Wildman–Crippen MR) is 80.7 cm³/mol. The van der Waals surface area contributed by atoms with E-state index in [0.717, 1.165) is 19.3 Å². The Hall–Kier alpha value is -1.67. The molecule has 104 valence electrons. The molecule has 1 aromatic carbocycles. The molecule has 0 saturated heterocycles. The fraction of sp³-hybridized carbons (Fsp3) is 0.389. The van der Waals surface area contributed by atoms with E-state index in [1.165, 1.54) is 41.5 Å². The number of rotatable bonds is 5. The van der Waals surface area contributed by atoms with Gasteiger partial charge in [0.05, 0.1) is 6.10 Å². The maximum Gasteiger partial charge on any atom is 0.0583 e. The minimum Gasteiger partial charge on any atom is -0.393 e. The minimum absolute atomic E-state index is 0.269. The van der Waals surface area contributed by atoms with Crippen LogP contribution in [0, 0.1) is 0 Å². The summed E-state index contributed by atoms with van der Waals surface area (Å²) >= 11 is 0. The number of hydrogen-bond donors (Lipinski definition) is 1. The first kappa shape index (κ1) is 13.3. The number of aliphatic hydroxyl groups excluding tert-OH is 1. The van der Waals surface area contributed by atoms with Gasteiger partial charge in [-0.1, -0.05) is 24.3 Å². The van der Waals surface area contributed by atoms with Gasteiger partial charge in [0, 0.05) is 12.4 Å². The Labute approximate surface area is 120 Å². The Morgan fingerprint density at radius 3 is 2.85 bits per heavy atom. The smallest absolute Gasteiger partial charge is 0.0583 e. The van der Waals surface area contributed by atoms with E-state index in [2.05, 4.69) is 29.2 Å². The molecule has 2 nitrogen and oxygen atoms in total. The molecule has 0 spiro atoms. The first-order valence-corrected chi connectivity index (χ1v) is 7.49. The maximum atomic E-state index is 10.2. The van der Waals surface area contributed by atoms with Crippen molar-refractivity contribution in [2.24, 2.45) is 0 Å². The predicted octanol–water partition coefficient (Wildman–Crippen LogP) is 3.11. The van der Waals surface area contributed by atoms with E-state index in [4.69, 9.17) is 0 Å². The summed E-state index contributed by atoms with van der Waals surface area (Å²) in [6.07, 6.45) is 9.54. The van der Waals surface area contributed by atoms with Crippen LogP contribution in [0.4, 0.5) is 0 Å². The second-order valence-electron chi connectivity index (χ2n) is 5.71. The van der Waals surface area contributed by atoms with E-state index in [1.54, 1.807) is 6.20 Å². The van der Waals surface area contributed by atoms with E-state index in [0.29, 0.717) is 0 Å². The van der Waals surface area contributed by atoms with Crippen LogP contribution in [-0.2, 0) is 25.7 Å². The van der Waals surface area contributed by atoms with Crippen LogP contribution in [0.5, 0.6) is 0 Å². The van der Waals surface area contributed by atoms with E-state index < -0.39 is 0 Å². The van der Waals surface area contributed by atoms with Crippen LogP contribution in [0.15, 0.2) is 42.7 Å². The van der Waals surface area contributed by atoms with Gasteiger partial charge in [-0.25, -0.2) is 0 Å². The molecule has 1 atom stereocenters. The lowest BCUT2D eigenvalue weighted by molar-refractivity contribution is 0.165. The lowest BCUT2D eigenvalue weighted by Gasteiger charge is -2.11. The molecule has 0 fully saturated rings. The van der Waals surface area contributed by atoms with Gasteiger partial charge < -0.3 is 5.11 Å². The van der Waals surface area contributed by atoms with Crippen molar-refractivity contribution in [2.45, 2.75) is 44.6 Å². The van der Waals surface area contributed by atoms with Gasteiger partial charge in [0.2, 0.25) is 0 Å². The van der Waals surface area contributed by atoms with Gasteiger partial charge >= 0.3 is 0 Å². The molecule has 0 saturated carbocycles. The van der Waals surface area contributed by atoms with Crippen molar-refractivity contribution < 1.29 is 5.11 Å². The van der Waals surface area contributed by atoms with E-state index in [-0.39, 0.29) is 6.10 Å². The molecule has 20 heavy (non-hydrogen) atoms. The van der Waals surface area contributed by atoms with Crippen molar-refractivity contribution in [1.82, 2.24) is 4.98 Å². The molecule has 0 bridgehead atoms. The largest absolute Gasteiger partial charge is 0.393 e. The van der Waals surface area contributed by atoms with Crippen LogP contribution < -0.4 is 0 Å². The first-order valence-electron chi connectivity index (χ1n) is 7.49. The number of aryl methyl sites for hydroxylation is 3. The van der Waals surface area contributed by atoms with E-state index in [9.17, 15) is 5.11 Å². The Morgan fingerprint density at radius 2 is 2.00 bits per heavy atom. The molecule has 1 N–H and O–H groups in total. The zero-order chi connectivity index (χ0) is 13.8. The zero-order valence-corrected chi connectivity index (χ0v) is 11.8. The standard InChI is InChI=1S/C18H21NO/c20-18(9-7-14-3-2-10-19-13-14)12-15-6-8-16-4-1-5-17(16)11-15/h2-3,6,8,10-11,13,18,20H,1,4-5,7,9,12H2. The molecule has 2 aromatic rings. The monoisotopic (exact) mass is 267 g/mol. The third kappa shape index (κ3) is 3.26. The summed E-state index contributed by atoms with van der Waals surface area (Å²) in [6.45, 7) is 0. The fourth-order valence-corrected chi connectivity index (χ4v) is 3.01. The third-order valence-electron chi connectivity index (χ3n) is 4.12. The van der Waals surface area contributed by atoms with Crippen molar-refractivity contribution in [3.8, 4) is 0 Å². The number of aliphatic hydroxyl groups is 1. The Balaban J connectivity index is 1.55. The van der Waals surface area contributed by atoms with Gasteiger partial charge in [0.15, 0.2) is 0 Å². The van der Waals surface area contributed by atoms with Gasteiger partial charge in [-0.15, -0.1) is 0 Å². The van der Waals surface area contributed by atoms with Crippen molar-refractivity contribution in [3.05, 3.63) is 65.0 Å². The van der Waals surface area contributed by atoms with Crippen molar-refractivity contribution in [1.29, 1.82) is 0 Å². The quantitative estimate of drug-likeness (QED) is 0.903. The topological polar surface area (TPSA) is 33.1 Å². The second-order valence-corrected chi connectivity index (χ2v) is 5.71. The summed E-state index contributed by atoms with van der Waals surface area (Å²) in [4.78, 5) is 4.10. The Morgan fingerprint density at radius 1 is 1.10 bits per heavy atom. The number of pyridine rings is 1. The zero-order valence-electron chi connectivity index (χ0n) is 11.8. The molecule has 1 aliphatic rings. The van der Waals surface area contributed by atoms with Crippen molar-refractivity contribution in [3.63, 3.8) is 0 Å². The molecule has 1 aromatic heterocycles. The Kier molecular flexibility index (Phi) is 4.12. The van der Waals surface area contributed by atoms with Crippen LogP contribution in [0.25, 0.3) is 0 Å². The van der Waals surface area contributed by atoms with E-state index in [1.807, 2.05) is 12.3 Å². The molecule has 1 unspecified atom stereocenters. The first-order chi connectivity index (χ1) is 9.81. The highest BCUT2D eigenvalue weighted by molar-refractivity contribution is 5.35. The molecule has 0 aliphatic heterocycles. The van der Waals surface area contributed by atoms with Crippen LogP contribution >= 0.6 is 0 Å². The minimum atomic E-state index is -0.269. The number of nitrogens with zero attached hydrogens (tertiary/aromatic N) is 1. The van der Waals surface area contributed by atoms with Gasteiger partial charge in [-0.2, -0.15) is 0 Å². The molecule has 0 radical (unpaired) electrons. The Bertz CT molecular complexity index is 565. The molecule has 1 heterocycles. The second kappa shape index (κ2) is 6.19. The fourth-order valence-electron chi connectivity index (χ4n) is 3.01. The van der Waals surface area contributed by atoms with Gasteiger partial charge in [-0.05, 0) is 66.8 Å². The van der Waals surface area contributed by atoms with Crippen molar-refractivity contribution in [2.75, 3.05) is 0 Å². The molecule has 0 amide bonds. The molecular weight excluding hydrogens is 246 g/mol. The summed E-state index contributed by atoms with van der Waals surface area (Å²) < 4.78 is 0. The number of fused-ring (bicyclic) bond motifs is 1. The normalized spacial score (nSPS) is 15.1. The number of aromatic nitrogens is 1. The lowest BCUT2D eigenvalue weighted by Crippen LogP contribution is -2.12. The number of hydrogen-bond acceptors (Lipinski definition) is 2. The summed E-state index contributed by atoms with van der Waals surface area (Å²) in [5, 5.41) is 10.2. The summed E-state index contributed by atoms with van der Waals surface area (Å²) in [7, 11) is 0. The maximum absolute atomic E-state index is 10.2. The van der Waals surface area contributed by atoms with Crippen LogP contribution in [0.2, 0.25) is 0 Å². The molecule has 3 rings (SSSR count). The lowest BCUT2D eigenvalue weighted by atomic mass is 9.99. The molecule has 2 heteroatoms. The highest BCUT2D eigenvalue weighted by Crippen LogP contribution is 2.23. The van der Waals surface area contributed by atoms with Crippen LogP contribution in [0.1, 0.15) is 35.1 Å². The molecular formula is C18H21NO. The third-order valence-corrected chi connectivity index (χ3v) is 4.12. The van der Waals surface area contributed by atoms with E-state index >= 15 is 0 Å². The average molecular weight is 267 g/mol. The van der Waals surface area contributed by atoms with Gasteiger partial charge in [-0.3, -0.25) is 4.98 Å². The summed E-state index contributed by atoms with van der Waals surface area (Å²) in [5.74, 6) is 0. The van der Waals surface area contributed by atoms with Crippen LogP contribution in [-0.4, -0.2) is 16.2 Å². The highest BCUT2D eigenvalue weighted by Gasteiger charge is 2.12. The molecule has 1 aliphatic carbocycles.